The van der Waals surface area contributed by atoms with Crippen LogP contribution in [0.2, 0.25) is 0 Å². The summed E-state index contributed by atoms with van der Waals surface area (Å²) in [6, 6.07) is 0. The highest BCUT2D eigenvalue weighted by Crippen LogP contribution is 1.85. The molecule has 0 aromatic rings. The van der Waals surface area contributed by atoms with E-state index in [-0.39, 0.29) is 0 Å². The molecule has 9 heteroatoms. The molecule has 0 aromatic heterocycles. The topological polar surface area (TPSA) is 88.1 Å². The van der Waals surface area contributed by atoms with E-state index in [1.165, 1.54) is 14.2 Å². The van der Waals surface area contributed by atoms with Gasteiger partial charge in [0.05, 0.1) is 28.4 Å². The Balaban J connectivity index is 0. The van der Waals surface area contributed by atoms with Crippen LogP contribution >= 0.6 is 0 Å². The molecule has 0 amide bonds. The monoisotopic (exact) mass is 236 g/mol. The van der Waals surface area contributed by atoms with Gasteiger partial charge in [-0.25, -0.2) is 0 Å². The van der Waals surface area contributed by atoms with Gasteiger partial charge in [-0.15, -0.1) is 0 Å². The predicted molar refractivity (Wildman–Crippen MR) is 45.1 cm³/mol. The van der Waals surface area contributed by atoms with E-state index in [0.717, 1.165) is 14.2 Å². The van der Waals surface area contributed by atoms with Gasteiger partial charge in [0.25, 0.3) is 0 Å². The molecule has 0 N–H and O–H groups in total. The number of hydrogen-bond acceptors (Lipinski definition) is 7. The average molecular weight is 236 g/mol. The Kier molecular flexibility index (Phi) is 10.1. The molecule has 0 saturated carbocycles. The molecule has 82 valence electrons. The van der Waals surface area contributed by atoms with Crippen molar-refractivity contribution in [1.82, 2.24) is 0 Å². The zero-order valence-electron chi connectivity index (χ0n) is 7.67. The summed E-state index contributed by atoms with van der Waals surface area (Å²) in [5.41, 5.74) is 0. The third-order valence-corrected chi connectivity index (χ3v) is 2.04. The van der Waals surface area contributed by atoms with Gasteiger partial charge in [0.2, 0.25) is 0 Å². The summed E-state index contributed by atoms with van der Waals surface area (Å²) in [5, 5.41) is 0. The van der Waals surface area contributed by atoms with E-state index in [0.29, 0.717) is 0 Å². The van der Waals surface area contributed by atoms with E-state index < -0.39 is 21.8 Å². The van der Waals surface area contributed by atoms with Crippen molar-refractivity contribution >= 4 is 21.8 Å². The standard InChI is InChI=1S/C2H6O4S.C2H6O3S/c1-5-7(3,4)6-2;1-4-6(3)5-2/h1-2H3;1-2H3. The van der Waals surface area contributed by atoms with Crippen molar-refractivity contribution in [1.29, 1.82) is 0 Å². The minimum absolute atomic E-state index is 1.03. The van der Waals surface area contributed by atoms with Crippen LogP contribution in [0.4, 0.5) is 0 Å². The molecule has 0 fully saturated rings. The maximum absolute atomic E-state index is 9.92. The van der Waals surface area contributed by atoms with Crippen LogP contribution in [0, 0.1) is 0 Å². The van der Waals surface area contributed by atoms with Gasteiger partial charge in [0.15, 0.2) is 0 Å². The molecule has 0 bridgehead atoms. The fourth-order valence-corrected chi connectivity index (χ4v) is 0.408. The third kappa shape index (κ3) is 11.9. The van der Waals surface area contributed by atoms with Crippen molar-refractivity contribution < 1.29 is 29.4 Å². The fraction of sp³-hybridized carbons (Fsp3) is 1.00. The van der Waals surface area contributed by atoms with Crippen LogP contribution in [0.15, 0.2) is 0 Å². The molecule has 7 nitrogen and oxygen atoms in total. The lowest BCUT2D eigenvalue weighted by atomic mass is 11.8. The summed E-state index contributed by atoms with van der Waals surface area (Å²) in [7, 11) is 1.01. The zero-order chi connectivity index (χ0) is 10.9. The highest BCUT2D eigenvalue weighted by atomic mass is 32.3. The quantitative estimate of drug-likeness (QED) is 0.642. The SMILES string of the molecule is COS(=O)(=O)OC.COS(=O)OC. The summed E-state index contributed by atoms with van der Waals surface area (Å²) >= 11 is -1.53. The molecular formula is C4H12O7S2. The first kappa shape index (κ1) is 15.4. The van der Waals surface area contributed by atoms with Crippen molar-refractivity contribution in [3.05, 3.63) is 0 Å². The van der Waals surface area contributed by atoms with Crippen LogP contribution in [0.1, 0.15) is 0 Å². The molecule has 0 spiro atoms. The average Bonchev–Trinajstić information content (AvgIpc) is 2.17. The number of hydrogen-bond donors (Lipinski definition) is 0. The summed E-state index contributed by atoms with van der Waals surface area (Å²) in [5.74, 6) is 0. The van der Waals surface area contributed by atoms with E-state index in [2.05, 4.69) is 16.7 Å². The van der Waals surface area contributed by atoms with Gasteiger partial charge in [-0.2, -0.15) is 12.6 Å². The van der Waals surface area contributed by atoms with Crippen molar-refractivity contribution in [2.45, 2.75) is 0 Å². The minimum Gasteiger partial charge on any atom is -0.272 e. The lowest BCUT2D eigenvalue weighted by Gasteiger charge is -1.91. The lowest BCUT2D eigenvalue weighted by Crippen LogP contribution is -2.02. The Hall–Kier alpha value is -0.0600. The van der Waals surface area contributed by atoms with Crippen LogP contribution in [-0.4, -0.2) is 41.1 Å². The molecular weight excluding hydrogens is 224 g/mol. The molecule has 0 aliphatic heterocycles. The summed E-state index contributed by atoms with van der Waals surface area (Å²) in [6.45, 7) is 0. The van der Waals surface area contributed by atoms with Gasteiger partial charge in [-0.3, -0.25) is 16.7 Å². The van der Waals surface area contributed by atoms with E-state index in [9.17, 15) is 12.6 Å². The number of rotatable bonds is 4. The first-order valence-electron chi connectivity index (χ1n) is 2.80. The molecule has 0 aliphatic rings. The van der Waals surface area contributed by atoms with E-state index >= 15 is 0 Å². The molecule has 0 atom stereocenters. The molecule has 0 unspecified atom stereocenters. The van der Waals surface area contributed by atoms with E-state index in [1.807, 2.05) is 0 Å². The van der Waals surface area contributed by atoms with Gasteiger partial charge >= 0.3 is 21.8 Å². The predicted octanol–water partition coefficient (Wildman–Crippen LogP) is -0.618. The minimum atomic E-state index is -3.66. The Morgan fingerprint density at radius 2 is 1.23 bits per heavy atom. The molecule has 13 heavy (non-hydrogen) atoms. The van der Waals surface area contributed by atoms with Crippen LogP contribution < -0.4 is 0 Å². The molecule has 0 aromatic carbocycles. The van der Waals surface area contributed by atoms with E-state index in [1.54, 1.807) is 0 Å². The second-order valence-electron chi connectivity index (χ2n) is 1.28. The van der Waals surface area contributed by atoms with Crippen LogP contribution in [0.5, 0.6) is 0 Å². The maximum Gasteiger partial charge on any atom is 0.399 e. The largest absolute Gasteiger partial charge is 0.399 e. The molecule has 0 heterocycles. The van der Waals surface area contributed by atoms with Gasteiger partial charge < -0.3 is 0 Å². The molecule has 0 radical (unpaired) electrons. The highest BCUT2D eigenvalue weighted by Gasteiger charge is 2.01. The first-order chi connectivity index (χ1) is 5.93. The first-order valence-corrected chi connectivity index (χ1v) is 5.13. The summed E-state index contributed by atoms with van der Waals surface area (Å²) in [6.07, 6.45) is 0. The molecule has 0 rings (SSSR count). The fourth-order valence-electron chi connectivity index (χ4n) is 0.136. The summed E-state index contributed by atoms with van der Waals surface area (Å²) < 4.78 is 45.7. The lowest BCUT2D eigenvalue weighted by molar-refractivity contribution is 0.286. The van der Waals surface area contributed by atoms with Gasteiger partial charge in [0, 0.05) is 0 Å². The van der Waals surface area contributed by atoms with Crippen molar-refractivity contribution in [2.75, 3.05) is 28.4 Å². The highest BCUT2D eigenvalue weighted by molar-refractivity contribution is 7.81. The van der Waals surface area contributed by atoms with Crippen LogP contribution in [-0.2, 0) is 38.5 Å². The Bertz CT molecular complexity index is 205. The van der Waals surface area contributed by atoms with Crippen molar-refractivity contribution in [2.24, 2.45) is 0 Å². The Morgan fingerprint density at radius 3 is 1.23 bits per heavy atom. The zero-order valence-corrected chi connectivity index (χ0v) is 9.31. The van der Waals surface area contributed by atoms with Crippen LogP contribution in [0.3, 0.4) is 0 Å². The van der Waals surface area contributed by atoms with E-state index in [4.69, 9.17) is 0 Å². The Morgan fingerprint density at radius 1 is 0.923 bits per heavy atom. The third-order valence-electron chi connectivity index (χ3n) is 0.680. The maximum atomic E-state index is 9.92. The van der Waals surface area contributed by atoms with Crippen molar-refractivity contribution in [3.63, 3.8) is 0 Å². The second-order valence-corrected chi connectivity index (χ2v) is 3.84. The normalized spacial score (nSPS) is 10.8. The molecule has 0 saturated heterocycles. The smallest absolute Gasteiger partial charge is 0.272 e. The second kappa shape index (κ2) is 8.53. The van der Waals surface area contributed by atoms with Gasteiger partial charge in [-0.05, 0) is 0 Å². The summed E-state index contributed by atoms with van der Waals surface area (Å²) in [4.78, 5) is 0. The van der Waals surface area contributed by atoms with Gasteiger partial charge in [0.1, 0.15) is 0 Å². The van der Waals surface area contributed by atoms with Crippen molar-refractivity contribution in [3.8, 4) is 0 Å². The van der Waals surface area contributed by atoms with Gasteiger partial charge in [-0.1, -0.05) is 0 Å². The Labute approximate surface area is 80.1 Å². The molecule has 0 aliphatic carbocycles. The van der Waals surface area contributed by atoms with Crippen LogP contribution in [0.25, 0.3) is 0 Å².